The van der Waals surface area contributed by atoms with Crippen LogP contribution in [-0.4, -0.2) is 200 Å². The molecule has 15 N–H and O–H groups in total. The molecule has 0 aliphatic carbocycles. The largest absolute Gasteiger partial charge is 0.481 e. The van der Waals surface area contributed by atoms with Gasteiger partial charge in [0.05, 0.1) is 38.6 Å². The van der Waals surface area contributed by atoms with Gasteiger partial charge < -0.3 is 83.4 Å². The Bertz CT molecular complexity index is 2400. The minimum atomic E-state index is -2.26. The molecule has 0 unspecified atom stereocenters. The highest BCUT2D eigenvalue weighted by Gasteiger charge is 2.42. The number of carbonyl (C=O) groups excluding carboxylic acids is 11. The molecule has 1 heterocycles. The Morgan fingerprint density at radius 1 is 0.639 bits per heavy atom. The number of ether oxygens (including phenoxy) is 1. The van der Waals surface area contributed by atoms with Gasteiger partial charge in [0.2, 0.25) is 59.1 Å². The summed E-state index contributed by atoms with van der Waals surface area (Å²) in [5, 5.41) is 64.5. The Morgan fingerprint density at radius 3 is 1.73 bits per heavy atom. The maximum absolute atomic E-state index is 14.6. The van der Waals surface area contributed by atoms with Gasteiger partial charge in [-0.3, -0.25) is 57.5 Å². The van der Waals surface area contributed by atoms with Crippen molar-refractivity contribution in [1.82, 2.24) is 41.7 Å². The normalized spacial score (nSPS) is 23.8. The third-order valence-corrected chi connectivity index (χ3v) is 14.1. The molecule has 1 aliphatic heterocycles. The highest BCUT2D eigenvalue weighted by molar-refractivity contribution is 6.00. The van der Waals surface area contributed by atoms with Crippen LogP contribution in [0.5, 0.6) is 0 Å². The van der Waals surface area contributed by atoms with Crippen LogP contribution in [0.3, 0.4) is 0 Å². The Morgan fingerprint density at radius 2 is 1.18 bits per heavy atom. The van der Waals surface area contributed by atoms with Crippen molar-refractivity contribution in [2.24, 2.45) is 17.4 Å². The van der Waals surface area contributed by atoms with Crippen molar-refractivity contribution in [1.29, 1.82) is 0 Å². The van der Waals surface area contributed by atoms with E-state index in [4.69, 9.17) is 16.2 Å². The zero-order valence-corrected chi connectivity index (χ0v) is 47.7. The number of primary amides is 2. The molecular weight excluding hydrogens is 1090 g/mol. The molecule has 11 atom stereocenters. The SMILES string of the molecule is CC[C@@H](C)CCCCCCCCCCC(=O)N[C@H]1C(=O)N[C@@H](CC(=O)O)C(=O)N[C@H](CO)C(=O)N[C@@H](CO)C(=O)N(C)[C@H](CC(N)=O)C(=O)N(C)[C@@H](Cc2ccccc2)C(=O)N[C@H]([C@H](O)CC(N)=O)C(=O)N[C@H](CCC(=O)O)C(=O)O[C@@H]1C. The zero-order chi connectivity index (χ0) is 62.5. The molecule has 0 bridgehead atoms. The van der Waals surface area contributed by atoms with Gasteiger partial charge in [-0.2, -0.15) is 0 Å². The average Bonchev–Trinajstić information content (AvgIpc) is 3.43. The maximum atomic E-state index is 14.6. The maximum Gasteiger partial charge on any atom is 0.329 e. The molecular formula is C54H84N10O19. The van der Waals surface area contributed by atoms with E-state index in [1.807, 2.05) is 5.32 Å². The monoisotopic (exact) mass is 1180 g/mol. The van der Waals surface area contributed by atoms with Crippen LogP contribution in [0.2, 0.25) is 0 Å². The number of nitrogens with zero attached hydrogens (tertiary/aromatic N) is 2. The number of rotatable bonds is 27. The molecule has 464 valence electrons. The molecule has 29 nitrogen and oxygen atoms in total. The van der Waals surface area contributed by atoms with Crippen molar-refractivity contribution in [3.05, 3.63) is 35.9 Å². The van der Waals surface area contributed by atoms with E-state index in [0.29, 0.717) is 29.2 Å². The number of likely N-dealkylation sites (N-methyl/N-ethyl adjacent to an activating group) is 2. The van der Waals surface area contributed by atoms with E-state index in [-0.39, 0.29) is 6.42 Å². The van der Waals surface area contributed by atoms with Crippen molar-refractivity contribution in [3.8, 4) is 0 Å². The molecule has 10 amide bonds. The van der Waals surface area contributed by atoms with Gasteiger partial charge >= 0.3 is 17.9 Å². The van der Waals surface area contributed by atoms with E-state index in [1.54, 1.807) is 18.2 Å². The van der Waals surface area contributed by atoms with Gasteiger partial charge in [-0.25, -0.2) is 4.79 Å². The van der Waals surface area contributed by atoms with Crippen molar-refractivity contribution in [2.75, 3.05) is 27.3 Å². The minimum absolute atomic E-state index is 0.182. The lowest BCUT2D eigenvalue weighted by Crippen LogP contribution is -2.62. The second kappa shape index (κ2) is 36.6. The molecule has 29 heteroatoms. The smallest absolute Gasteiger partial charge is 0.329 e. The van der Waals surface area contributed by atoms with Crippen molar-refractivity contribution in [3.63, 3.8) is 0 Å². The molecule has 1 aliphatic rings. The van der Waals surface area contributed by atoms with Crippen molar-refractivity contribution in [2.45, 2.75) is 190 Å². The number of hydrogen-bond acceptors (Lipinski definition) is 17. The van der Waals surface area contributed by atoms with Gasteiger partial charge in [0, 0.05) is 33.4 Å². The number of nitrogens with one attached hydrogen (secondary N) is 6. The molecule has 83 heavy (non-hydrogen) atoms. The quantitative estimate of drug-likeness (QED) is 0.0311. The van der Waals surface area contributed by atoms with Crippen LogP contribution >= 0.6 is 0 Å². The van der Waals surface area contributed by atoms with Gasteiger partial charge in [0.1, 0.15) is 54.4 Å². The number of cyclic esters (lactones) is 1. The molecule has 0 saturated carbocycles. The van der Waals surface area contributed by atoms with Crippen LogP contribution in [0.15, 0.2) is 30.3 Å². The molecule has 0 spiro atoms. The first kappa shape index (κ1) is 71.3. The van der Waals surface area contributed by atoms with E-state index in [0.717, 1.165) is 77.3 Å². The Labute approximate surface area is 481 Å². The van der Waals surface area contributed by atoms with E-state index in [1.165, 1.54) is 12.1 Å². The zero-order valence-electron chi connectivity index (χ0n) is 47.7. The standard InChI is InChI=1S/C54H84N10O19/c1-6-30(2)18-14-11-9-7-8-10-12-17-21-42(70)61-45-31(3)83-54(82)33(22-23-43(71)72)57-51(79)46(39(67)27-41(56)69)62-49(77)37(24-32-19-15-13-16-20-32)63(4)53(81)38(26-40(55)68)64(5)52(80)36(29-66)60-48(76)35(28-65)59-47(75)34(25-44(73)74)58-50(45)78/h13,15-16,19-20,30-31,33-39,45-46,65-67H,6-12,14,17-18,21-29H2,1-5H3,(H2,55,68)(H2,56,69)(H,57,79)(H,58,78)(H,59,75)(H,60,76)(H,61,70)(H,62,77)(H,71,72)(H,73,74)/t30-,31-,33-,34+,35-,36+,37+,38-,39-,45-,46-/m1/s1. The van der Waals surface area contributed by atoms with Gasteiger partial charge in [0.25, 0.3) is 0 Å². The summed E-state index contributed by atoms with van der Waals surface area (Å²) in [7, 11) is 2.01. The number of aliphatic hydroxyl groups is 3. The summed E-state index contributed by atoms with van der Waals surface area (Å²) in [6, 6.07) is -8.39. The molecule has 0 radical (unpaired) electrons. The molecule has 0 aromatic heterocycles. The molecule has 1 saturated heterocycles. The average molecular weight is 1180 g/mol. The third-order valence-electron chi connectivity index (χ3n) is 14.1. The topological polar surface area (TPSA) is 463 Å². The van der Waals surface area contributed by atoms with Gasteiger partial charge in [-0.1, -0.05) is 102 Å². The molecule has 2 rings (SSSR count). The van der Waals surface area contributed by atoms with Crippen LogP contribution in [0.25, 0.3) is 0 Å². The fraction of sp³-hybridized carbons (Fsp3) is 0.648. The first-order valence-corrected chi connectivity index (χ1v) is 27.6. The Hall–Kier alpha value is -7.79. The summed E-state index contributed by atoms with van der Waals surface area (Å²) in [5.74, 6) is -16.6. The van der Waals surface area contributed by atoms with Crippen molar-refractivity contribution < 1.29 is 92.6 Å². The summed E-state index contributed by atoms with van der Waals surface area (Å²) in [6.45, 7) is 2.96. The lowest BCUT2D eigenvalue weighted by atomic mass is 9.99. The number of carboxylic acids is 2. The minimum Gasteiger partial charge on any atom is -0.481 e. The lowest BCUT2D eigenvalue weighted by molar-refractivity contribution is -0.157. The fourth-order valence-electron chi connectivity index (χ4n) is 8.89. The number of carboxylic acid groups (broad SMARTS) is 2. The Kier molecular flexibility index (Phi) is 31.5. The number of carbonyl (C=O) groups is 13. The second-order valence-electron chi connectivity index (χ2n) is 20.7. The summed E-state index contributed by atoms with van der Waals surface area (Å²) >= 11 is 0. The number of benzene rings is 1. The van der Waals surface area contributed by atoms with Crippen LogP contribution in [0.1, 0.15) is 129 Å². The van der Waals surface area contributed by atoms with Crippen LogP contribution in [0.4, 0.5) is 0 Å². The first-order valence-electron chi connectivity index (χ1n) is 27.6. The summed E-state index contributed by atoms with van der Waals surface area (Å²) < 4.78 is 5.57. The van der Waals surface area contributed by atoms with Crippen LogP contribution in [0, 0.1) is 5.92 Å². The highest BCUT2D eigenvalue weighted by atomic mass is 16.5. The lowest BCUT2D eigenvalue weighted by Gasteiger charge is -2.36. The first-order chi connectivity index (χ1) is 39.1. The number of esters is 1. The summed E-state index contributed by atoms with van der Waals surface area (Å²) in [6.07, 6.45) is -0.294. The van der Waals surface area contributed by atoms with E-state index in [2.05, 4.69) is 40.4 Å². The number of hydrogen-bond donors (Lipinski definition) is 13. The number of unbranched alkanes of at least 4 members (excludes halogenated alkanes) is 7. The predicted molar refractivity (Wildman–Crippen MR) is 293 cm³/mol. The molecule has 1 aromatic carbocycles. The van der Waals surface area contributed by atoms with Gasteiger partial charge in [0.15, 0.2) is 0 Å². The van der Waals surface area contributed by atoms with Gasteiger partial charge in [-0.15, -0.1) is 0 Å². The number of amides is 10. The Balaban J connectivity index is 2.82. The predicted octanol–water partition coefficient (Wildman–Crippen LogP) is -2.88. The van der Waals surface area contributed by atoms with E-state index >= 15 is 0 Å². The highest BCUT2D eigenvalue weighted by Crippen LogP contribution is 2.18. The van der Waals surface area contributed by atoms with Crippen molar-refractivity contribution >= 4 is 77.0 Å². The molecule has 1 aromatic rings. The number of aliphatic hydroxyl groups excluding tert-OH is 3. The number of aliphatic carboxylic acids is 2. The van der Waals surface area contributed by atoms with E-state index in [9.17, 15) is 87.9 Å². The fourth-order valence-corrected chi connectivity index (χ4v) is 8.89. The summed E-state index contributed by atoms with van der Waals surface area (Å²) in [5.41, 5.74) is 11.2. The molecule has 1 fully saturated rings. The second-order valence-corrected chi connectivity index (χ2v) is 20.7. The van der Waals surface area contributed by atoms with Crippen LogP contribution in [-0.2, 0) is 73.5 Å². The summed E-state index contributed by atoms with van der Waals surface area (Å²) in [4.78, 5) is 177. The number of nitrogens with two attached hydrogens (primary N) is 2. The van der Waals surface area contributed by atoms with Crippen LogP contribution < -0.4 is 43.4 Å². The van der Waals surface area contributed by atoms with E-state index < -0.39 is 189 Å². The third kappa shape index (κ3) is 25.1. The van der Waals surface area contributed by atoms with Gasteiger partial charge in [-0.05, 0) is 31.2 Å².